The molecule has 1 saturated carbocycles. The fourth-order valence-corrected chi connectivity index (χ4v) is 4.90. The topological polar surface area (TPSA) is 108 Å². The molecule has 8 nitrogen and oxygen atoms in total. The molecule has 1 aliphatic carbocycles. The van der Waals surface area contributed by atoms with Gasteiger partial charge in [0.25, 0.3) is 0 Å². The Labute approximate surface area is 228 Å². The summed E-state index contributed by atoms with van der Waals surface area (Å²) in [7, 11) is 0. The van der Waals surface area contributed by atoms with Crippen LogP contribution in [0.1, 0.15) is 111 Å². The van der Waals surface area contributed by atoms with Crippen LogP contribution in [0.25, 0.3) is 0 Å². The Balaban J connectivity index is 2.47. The van der Waals surface area contributed by atoms with E-state index in [0.29, 0.717) is 23.5 Å². The third-order valence-electron chi connectivity index (χ3n) is 7.01. The van der Waals surface area contributed by atoms with Crippen LogP contribution in [0.4, 0.5) is 4.79 Å². The molecule has 1 aliphatic rings. The van der Waals surface area contributed by atoms with Crippen LogP contribution in [0, 0.1) is 12.8 Å². The summed E-state index contributed by atoms with van der Waals surface area (Å²) in [5, 5.41) is 16.0. The number of carbonyl (C=O) groups is 3. The first-order valence-electron chi connectivity index (χ1n) is 14.1. The van der Waals surface area contributed by atoms with Crippen LogP contribution in [-0.4, -0.2) is 51.6 Å². The van der Waals surface area contributed by atoms with Crippen molar-refractivity contribution in [1.29, 1.82) is 0 Å². The highest BCUT2D eigenvalue weighted by Gasteiger charge is 2.38. The van der Waals surface area contributed by atoms with Gasteiger partial charge >= 0.3 is 6.09 Å². The van der Waals surface area contributed by atoms with Crippen molar-refractivity contribution in [2.45, 2.75) is 130 Å². The lowest BCUT2D eigenvalue weighted by Gasteiger charge is -2.39. The van der Waals surface area contributed by atoms with Gasteiger partial charge in [-0.25, -0.2) is 4.79 Å². The number of amides is 3. The zero-order valence-electron chi connectivity index (χ0n) is 24.6. The summed E-state index contributed by atoms with van der Waals surface area (Å²) in [6.07, 6.45) is 6.03. The maximum Gasteiger partial charge on any atom is 0.408 e. The second-order valence-electron chi connectivity index (χ2n) is 12.2. The smallest absolute Gasteiger partial charge is 0.408 e. The van der Waals surface area contributed by atoms with Gasteiger partial charge in [0, 0.05) is 12.1 Å². The number of carbonyl (C=O) groups excluding carboxylic acids is 3. The molecule has 1 aromatic carbocycles. The number of phenolic OH excluding ortho intramolecular Hbond substituents is 1. The zero-order valence-corrected chi connectivity index (χ0v) is 24.6. The van der Waals surface area contributed by atoms with E-state index in [0.717, 1.165) is 38.5 Å². The summed E-state index contributed by atoms with van der Waals surface area (Å²) in [4.78, 5) is 42.1. The van der Waals surface area contributed by atoms with Crippen molar-refractivity contribution in [3.63, 3.8) is 0 Å². The Morgan fingerprint density at radius 3 is 2.24 bits per heavy atom. The highest BCUT2D eigenvalue weighted by atomic mass is 16.6. The molecule has 8 heteroatoms. The minimum Gasteiger partial charge on any atom is -0.508 e. The third-order valence-corrected chi connectivity index (χ3v) is 7.01. The van der Waals surface area contributed by atoms with Crippen LogP contribution in [0.2, 0.25) is 0 Å². The first-order valence-corrected chi connectivity index (χ1v) is 14.1. The Hall–Kier alpha value is -2.77. The van der Waals surface area contributed by atoms with Crippen molar-refractivity contribution in [2.75, 3.05) is 0 Å². The molecule has 3 atom stereocenters. The SMILES string of the molecule is Cc1cc(C(C(=O)NC2CCCCC2)N(C(=O)C(C)NC(=O)OC(C)(C)C)C(C)CCC(C)C)ccc1O. The minimum absolute atomic E-state index is 0.0668. The van der Waals surface area contributed by atoms with Crippen LogP contribution in [0.5, 0.6) is 5.75 Å². The average Bonchev–Trinajstić information content (AvgIpc) is 2.81. The van der Waals surface area contributed by atoms with Gasteiger partial charge < -0.3 is 25.4 Å². The van der Waals surface area contributed by atoms with Crippen molar-refractivity contribution in [3.8, 4) is 5.75 Å². The van der Waals surface area contributed by atoms with Crippen molar-refractivity contribution in [1.82, 2.24) is 15.5 Å². The second-order valence-corrected chi connectivity index (χ2v) is 12.2. The van der Waals surface area contributed by atoms with E-state index in [1.807, 2.05) is 6.92 Å². The van der Waals surface area contributed by atoms with Crippen molar-refractivity contribution >= 4 is 17.9 Å². The number of phenols is 1. The molecule has 1 fully saturated rings. The summed E-state index contributed by atoms with van der Waals surface area (Å²) in [5.74, 6) is -0.0409. The molecule has 0 aromatic heterocycles. The second kappa shape index (κ2) is 13.9. The summed E-state index contributed by atoms with van der Waals surface area (Å²) < 4.78 is 5.37. The summed E-state index contributed by atoms with van der Waals surface area (Å²) in [6, 6.07) is 3.01. The standard InChI is InChI=1S/C30H49N3O5/c1-19(2)14-15-21(4)33(28(36)22(5)31-29(37)38-30(6,7)8)26(23-16-17-25(34)20(3)18-23)27(35)32-24-12-10-9-11-13-24/h16-19,21-22,24,26,34H,9-15H2,1-8H3,(H,31,37)(H,32,35). The predicted octanol–water partition coefficient (Wildman–Crippen LogP) is 5.76. The Kier molecular flexibility index (Phi) is 11.5. The number of aryl methyl sites for hydroxylation is 1. The van der Waals surface area contributed by atoms with Crippen LogP contribution in [0.3, 0.4) is 0 Å². The number of hydrogen-bond donors (Lipinski definition) is 3. The lowest BCUT2D eigenvalue weighted by atomic mass is 9.93. The lowest BCUT2D eigenvalue weighted by molar-refractivity contribution is -0.145. The van der Waals surface area contributed by atoms with Crippen LogP contribution < -0.4 is 10.6 Å². The van der Waals surface area contributed by atoms with Gasteiger partial charge in [0.1, 0.15) is 23.4 Å². The molecule has 3 unspecified atom stereocenters. The van der Waals surface area contributed by atoms with E-state index < -0.39 is 23.8 Å². The maximum absolute atomic E-state index is 14.0. The molecular weight excluding hydrogens is 482 g/mol. The normalized spacial score (nSPS) is 16.9. The fourth-order valence-electron chi connectivity index (χ4n) is 4.90. The number of ether oxygens (including phenoxy) is 1. The average molecular weight is 532 g/mol. The number of benzene rings is 1. The molecule has 3 amide bonds. The molecule has 214 valence electrons. The predicted molar refractivity (Wildman–Crippen MR) is 150 cm³/mol. The maximum atomic E-state index is 14.0. The van der Waals surface area contributed by atoms with Crippen LogP contribution in [0.15, 0.2) is 18.2 Å². The fraction of sp³-hybridized carbons (Fsp3) is 0.700. The molecule has 38 heavy (non-hydrogen) atoms. The first kappa shape index (κ1) is 31.4. The number of aromatic hydroxyl groups is 1. The molecule has 1 aromatic rings. The monoisotopic (exact) mass is 531 g/mol. The summed E-state index contributed by atoms with van der Waals surface area (Å²) in [6.45, 7) is 14.9. The quantitative estimate of drug-likeness (QED) is 0.356. The minimum atomic E-state index is -0.909. The Bertz CT molecular complexity index is 950. The van der Waals surface area contributed by atoms with Gasteiger partial charge in [-0.15, -0.1) is 0 Å². The Morgan fingerprint density at radius 1 is 1.05 bits per heavy atom. The van der Waals surface area contributed by atoms with Crippen molar-refractivity contribution < 1.29 is 24.2 Å². The van der Waals surface area contributed by atoms with Gasteiger partial charge in [-0.1, -0.05) is 39.2 Å². The van der Waals surface area contributed by atoms with Crippen molar-refractivity contribution in [3.05, 3.63) is 29.3 Å². The first-order chi connectivity index (χ1) is 17.7. The molecule has 0 radical (unpaired) electrons. The molecule has 0 spiro atoms. The van der Waals surface area contributed by atoms with Crippen LogP contribution >= 0.6 is 0 Å². The van der Waals surface area contributed by atoms with Gasteiger partial charge in [0.15, 0.2) is 0 Å². The molecule has 0 saturated heterocycles. The number of alkyl carbamates (subject to hydrolysis) is 1. The van der Waals surface area contributed by atoms with E-state index in [1.165, 1.54) is 0 Å². The van der Waals surface area contributed by atoms with Gasteiger partial charge in [-0.05, 0) is 96.4 Å². The van der Waals surface area contributed by atoms with Gasteiger partial charge in [-0.2, -0.15) is 0 Å². The third kappa shape index (κ3) is 9.52. The van der Waals surface area contributed by atoms with Gasteiger partial charge in [0.2, 0.25) is 11.8 Å². The van der Waals surface area contributed by atoms with Crippen molar-refractivity contribution in [2.24, 2.45) is 5.92 Å². The zero-order chi connectivity index (χ0) is 28.6. The number of rotatable bonds is 10. The molecule has 3 N–H and O–H groups in total. The molecule has 2 rings (SSSR count). The van der Waals surface area contributed by atoms with E-state index in [1.54, 1.807) is 57.7 Å². The van der Waals surface area contributed by atoms with E-state index in [9.17, 15) is 19.5 Å². The largest absolute Gasteiger partial charge is 0.508 e. The Morgan fingerprint density at radius 2 is 1.68 bits per heavy atom. The highest BCUT2D eigenvalue weighted by Crippen LogP contribution is 2.31. The molecule has 0 bridgehead atoms. The summed E-state index contributed by atoms with van der Waals surface area (Å²) in [5.41, 5.74) is 0.547. The number of hydrogen-bond acceptors (Lipinski definition) is 5. The van der Waals surface area contributed by atoms with E-state index in [-0.39, 0.29) is 29.6 Å². The van der Waals surface area contributed by atoms with Gasteiger partial charge in [0.05, 0.1) is 0 Å². The van der Waals surface area contributed by atoms with E-state index in [2.05, 4.69) is 24.5 Å². The molecule has 0 aliphatic heterocycles. The number of nitrogens with one attached hydrogen (secondary N) is 2. The summed E-state index contributed by atoms with van der Waals surface area (Å²) >= 11 is 0. The molecule has 0 heterocycles. The van der Waals surface area contributed by atoms with Crippen LogP contribution in [-0.2, 0) is 14.3 Å². The highest BCUT2D eigenvalue weighted by molar-refractivity contribution is 5.92. The van der Waals surface area contributed by atoms with Gasteiger partial charge in [-0.3, -0.25) is 9.59 Å². The molecular formula is C30H49N3O5. The number of nitrogens with zero attached hydrogens (tertiary/aromatic N) is 1. The lowest BCUT2D eigenvalue weighted by Crippen LogP contribution is -2.55. The van der Waals surface area contributed by atoms with E-state index in [4.69, 9.17) is 4.74 Å². The van der Waals surface area contributed by atoms with E-state index >= 15 is 0 Å².